The molecule has 4 aromatic rings. The summed E-state index contributed by atoms with van der Waals surface area (Å²) >= 11 is 1.05. The zero-order valence-electron chi connectivity index (χ0n) is 21.4. The fourth-order valence-corrected chi connectivity index (χ4v) is 6.11. The van der Waals surface area contributed by atoms with Crippen LogP contribution in [0.4, 0.5) is 19.0 Å². The molecule has 0 unspecified atom stereocenters. The third kappa shape index (κ3) is 6.32. The highest BCUT2D eigenvalue weighted by molar-refractivity contribution is 7.18. The van der Waals surface area contributed by atoms with E-state index in [0.29, 0.717) is 34.7 Å². The van der Waals surface area contributed by atoms with Crippen molar-refractivity contribution in [2.24, 2.45) is 0 Å². The van der Waals surface area contributed by atoms with Crippen LogP contribution in [-0.4, -0.2) is 57.7 Å². The summed E-state index contributed by atoms with van der Waals surface area (Å²) in [7, 11) is 1.60. The molecule has 1 saturated heterocycles. The van der Waals surface area contributed by atoms with Crippen LogP contribution in [0.3, 0.4) is 0 Å². The molecule has 1 amide bonds. The molecule has 0 saturated carbocycles. The predicted molar refractivity (Wildman–Crippen MR) is 144 cm³/mol. The number of aromatic nitrogens is 3. The van der Waals surface area contributed by atoms with Gasteiger partial charge in [0.05, 0.1) is 11.8 Å². The maximum Gasteiger partial charge on any atom is 0.393 e. The number of nitrogens with one attached hydrogen (secondary N) is 2. The lowest BCUT2D eigenvalue weighted by molar-refractivity contribution is -0.126. The molecule has 1 aromatic carbocycles. The molecule has 0 aliphatic carbocycles. The summed E-state index contributed by atoms with van der Waals surface area (Å²) in [5.41, 5.74) is 2.62. The molecule has 1 fully saturated rings. The molecule has 0 spiro atoms. The maximum atomic E-state index is 12.8. The van der Waals surface area contributed by atoms with E-state index in [1.165, 1.54) is 6.33 Å². The van der Waals surface area contributed by atoms with Crippen molar-refractivity contribution in [3.05, 3.63) is 52.8 Å². The Morgan fingerprint density at radius 1 is 1.21 bits per heavy atom. The summed E-state index contributed by atoms with van der Waals surface area (Å²) in [6.07, 6.45) is -1.76. The van der Waals surface area contributed by atoms with Gasteiger partial charge in [-0.1, -0.05) is 6.07 Å². The number of fused-ring (bicyclic) bond motifs is 2. The predicted octanol–water partition coefficient (Wildman–Crippen LogP) is 4.84. The van der Waals surface area contributed by atoms with Crippen LogP contribution in [0.2, 0.25) is 0 Å². The van der Waals surface area contributed by atoms with E-state index in [2.05, 4.69) is 43.7 Å². The van der Waals surface area contributed by atoms with E-state index in [1.807, 2.05) is 16.7 Å². The first-order chi connectivity index (χ1) is 18.7. The fraction of sp³-hybridized carbons (Fsp3) is 0.407. The number of thiophene rings is 1. The standard InChI is InChI=1S/C27H28F3N7OS/c1-32-24(38)6-9-37-20(14-31)11-18-10-17(2-3-23(18)37)15-36-7-4-19(5-8-36)35-25-22-12-21(13-27(28,29)30)39-26(22)34-16-33-25/h2-3,10-12,16,19H,4-9,13,15H2,1H3,(H,32,38)(H,33,34,35). The van der Waals surface area contributed by atoms with Gasteiger partial charge in [0.15, 0.2) is 0 Å². The van der Waals surface area contributed by atoms with Crippen molar-refractivity contribution < 1.29 is 18.0 Å². The number of carbonyl (C=O) groups excluding carboxylic acids is 1. The van der Waals surface area contributed by atoms with E-state index in [9.17, 15) is 23.2 Å². The zero-order chi connectivity index (χ0) is 27.6. The van der Waals surface area contributed by atoms with Gasteiger partial charge < -0.3 is 15.2 Å². The molecule has 2 N–H and O–H groups in total. The monoisotopic (exact) mass is 555 g/mol. The number of benzene rings is 1. The van der Waals surface area contributed by atoms with E-state index in [0.717, 1.165) is 60.3 Å². The van der Waals surface area contributed by atoms with Gasteiger partial charge in [0.25, 0.3) is 0 Å². The summed E-state index contributed by atoms with van der Waals surface area (Å²) < 4.78 is 40.4. The Morgan fingerprint density at radius 3 is 2.72 bits per heavy atom. The third-order valence-corrected chi connectivity index (χ3v) is 8.05. The van der Waals surface area contributed by atoms with Gasteiger partial charge in [-0.3, -0.25) is 9.69 Å². The third-order valence-electron chi connectivity index (χ3n) is 7.01. The van der Waals surface area contributed by atoms with Crippen molar-refractivity contribution >= 4 is 44.2 Å². The van der Waals surface area contributed by atoms with Crippen molar-refractivity contribution in [1.82, 2.24) is 24.8 Å². The topological polar surface area (TPSA) is 98.9 Å². The Balaban J connectivity index is 1.20. The molecular formula is C27H28F3N7OS. The van der Waals surface area contributed by atoms with Crippen LogP contribution >= 0.6 is 11.3 Å². The lowest BCUT2D eigenvalue weighted by atomic mass is 10.0. The number of likely N-dealkylation sites (tertiary alicyclic amines) is 1. The number of hydrogen-bond acceptors (Lipinski definition) is 7. The number of anilines is 1. The SMILES string of the molecule is CNC(=O)CCn1c(C#N)cc2cc(CN3CCC(Nc4ncnc5sc(CC(F)(F)F)cc45)CC3)ccc21. The largest absolute Gasteiger partial charge is 0.393 e. The van der Waals surface area contributed by atoms with Crippen molar-refractivity contribution in [3.63, 3.8) is 0 Å². The van der Waals surface area contributed by atoms with Crippen molar-refractivity contribution in [3.8, 4) is 6.07 Å². The van der Waals surface area contributed by atoms with E-state index in [4.69, 9.17) is 0 Å². The normalized spacial score (nSPS) is 15.1. The highest BCUT2D eigenvalue weighted by Gasteiger charge is 2.29. The van der Waals surface area contributed by atoms with Gasteiger partial charge >= 0.3 is 6.18 Å². The molecule has 1 aliphatic heterocycles. The molecule has 39 heavy (non-hydrogen) atoms. The van der Waals surface area contributed by atoms with E-state index in [-0.39, 0.29) is 16.8 Å². The molecule has 5 rings (SSSR count). The minimum Gasteiger partial charge on any atom is -0.367 e. The molecule has 12 heteroatoms. The Hall–Kier alpha value is -3.69. The van der Waals surface area contributed by atoms with Gasteiger partial charge in [0.1, 0.15) is 28.7 Å². The lowest BCUT2D eigenvalue weighted by Gasteiger charge is -2.32. The van der Waals surface area contributed by atoms with Gasteiger partial charge in [0, 0.05) is 61.5 Å². The summed E-state index contributed by atoms with van der Waals surface area (Å²) in [5, 5.41) is 17.2. The van der Waals surface area contributed by atoms with Crippen LogP contribution in [0.5, 0.6) is 0 Å². The molecular weight excluding hydrogens is 527 g/mol. The van der Waals surface area contributed by atoms with Crippen molar-refractivity contribution in [1.29, 1.82) is 5.26 Å². The quantitative estimate of drug-likeness (QED) is 0.323. The second-order valence-corrected chi connectivity index (χ2v) is 10.9. The molecule has 204 valence electrons. The number of nitrogens with zero attached hydrogens (tertiary/aromatic N) is 5. The van der Waals surface area contributed by atoms with Gasteiger partial charge in [-0.05, 0) is 42.7 Å². The summed E-state index contributed by atoms with van der Waals surface area (Å²) in [5.74, 6) is 0.517. The molecule has 8 nitrogen and oxygen atoms in total. The number of carbonyl (C=O) groups is 1. The minimum atomic E-state index is -4.26. The molecule has 1 aliphatic rings. The fourth-order valence-electron chi connectivity index (χ4n) is 5.08. The van der Waals surface area contributed by atoms with Crippen LogP contribution in [0.25, 0.3) is 21.1 Å². The summed E-state index contributed by atoms with van der Waals surface area (Å²) in [6.45, 7) is 2.95. The molecule has 0 atom stereocenters. The zero-order valence-corrected chi connectivity index (χ0v) is 22.2. The number of halogens is 3. The highest BCUT2D eigenvalue weighted by atomic mass is 32.1. The van der Waals surface area contributed by atoms with E-state index >= 15 is 0 Å². The van der Waals surface area contributed by atoms with E-state index in [1.54, 1.807) is 13.1 Å². The number of hydrogen-bond donors (Lipinski definition) is 2. The summed E-state index contributed by atoms with van der Waals surface area (Å²) in [4.78, 5) is 23.3. The average molecular weight is 556 g/mol. The summed E-state index contributed by atoms with van der Waals surface area (Å²) in [6, 6.07) is 12.0. The number of piperidine rings is 1. The highest BCUT2D eigenvalue weighted by Crippen LogP contribution is 2.33. The second kappa shape index (κ2) is 11.2. The number of nitriles is 1. The van der Waals surface area contributed by atoms with Gasteiger partial charge in [-0.25, -0.2) is 9.97 Å². The maximum absolute atomic E-state index is 12.8. The number of rotatable bonds is 8. The van der Waals surface area contributed by atoms with Crippen LogP contribution in [0.15, 0.2) is 36.7 Å². The van der Waals surface area contributed by atoms with Gasteiger partial charge in [-0.2, -0.15) is 18.4 Å². The Kier molecular flexibility index (Phi) is 7.72. The Bertz CT molecular complexity index is 1530. The smallest absolute Gasteiger partial charge is 0.367 e. The lowest BCUT2D eigenvalue weighted by Crippen LogP contribution is -2.38. The minimum absolute atomic E-state index is 0.0686. The van der Waals surface area contributed by atoms with Gasteiger partial charge in [0.2, 0.25) is 5.91 Å². The number of alkyl halides is 3. The molecule has 0 bridgehead atoms. The van der Waals surface area contributed by atoms with Crippen LogP contribution in [0.1, 0.15) is 35.4 Å². The first-order valence-corrected chi connectivity index (χ1v) is 13.6. The molecule has 0 radical (unpaired) electrons. The van der Waals surface area contributed by atoms with Crippen molar-refractivity contribution in [2.75, 3.05) is 25.5 Å². The Labute approximate surface area is 227 Å². The first kappa shape index (κ1) is 26.9. The van der Waals surface area contributed by atoms with Gasteiger partial charge in [-0.15, -0.1) is 11.3 Å². The first-order valence-electron chi connectivity index (χ1n) is 12.7. The molecule has 3 aromatic heterocycles. The Morgan fingerprint density at radius 2 is 2.00 bits per heavy atom. The second-order valence-electron chi connectivity index (χ2n) is 9.75. The van der Waals surface area contributed by atoms with Crippen LogP contribution in [0, 0.1) is 11.3 Å². The number of aryl methyl sites for hydroxylation is 1. The van der Waals surface area contributed by atoms with E-state index < -0.39 is 12.6 Å². The van der Waals surface area contributed by atoms with Crippen LogP contribution < -0.4 is 10.6 Å². The molecule has 4 heterocycles. The van der Waals surface area contributed by atoms with Crippen LogP contribution in [-0.2, 0) is 24.3 Å². The number of amides is 1. The van der Waals surface area contributed by atoms with Crippen molar-refractivity contribution in [2.45, 2.75) is 51.0 Å². The average Bonchev–Trinajstić information content (AvgIpc) is 3.47.